The molecule has 0 atom stereocenters. The second-order valence-corrected chi connectivity index (χ2v) is 7.22. The molecule has 0 bridgehead atoms. The monoisotopic (exact) mass is 435 g/mol. The summed E-state index contributed by atoms with van der Waals surface area (Å²) >= 11 is 5.87. The Bertz CT molecular complexity index is 1060. The summed E-state index contributed by atoms with van der Waals surface area (Å²) in [5.74, 6) is -0.274. The molecule has 31 heavy (non-hydrogen) atoms. The molecule has 0 saturated carbocycles. The molecular weight excluding hydrogens is 414 g/mol. The van der Waals surface area contributed by atoms with E-state index >= 15 is 0 Å². The SMILES string of the molecule is Cc1ccccc1NC(=O)COC(=O)/C=C/c1ccc(OCc2ccc(Cl)cc2)cc1. The second kappa shape index (κ2) is 11.0. The molecule has 0 aliphatic heterocycles. The van der Waals surface area contributed by atoms with Crippen molar-refractivity contribution in [3.8, 4) is 5.75 Å². The van der Waals surface area contributed by atoms with E-state index in [4.69, 9.17) is 21.1 Å². The molecule has 3 aromatic carbocycles. The minimum atomic E-state index is -0.594. The first-order chi connectivity index (χ1) is 15.0. The number of carbonyl (C=O) groups excluding carboxylic acids is 2. The number of amides is 1. The molecule has 0 unspecified atom stereocenters. The molecule has 0 aromatic heterocycles. The Morgan fingerprint density at radius 3 is 2.39 bits per heavy atom. The maximum absolute atomic E-state index is 11.9. The highest BCUT2D eigenvalue weighted by Crippen LogP contribution is 2.16. The van der Waals surface area contributed by atoms with Crippen LogP contribution in [-0.4, -0.2) is 18.5 Å². The predicted octanol–water partition coefficient (Wildman–Crippen LogP) is 5.42. The Kier molecular flexibility index (Phi) is 7.85. The maximum Gasteiger partial charge on any atom is 0.331 e. The van der Waals surface area contributed by atoms with Crippen LogP contribution in [0.1, 0.15) is 16.7 Å². The van der Waals surface area contributed by atoms with Crippen LogP contribution < -0.4 is 10.1 Å². The van der Waals surface area contributed by atoms with E-state index in [0.29, 0.717) is 23.1 Å². The van der Waals surface area contributed by atoms with Gasteiger partial charge in [-0.05, 0) is 60.0 Å². The van der Waals surface area contributed by atoms with Crippen molar-refractivity contribution in [2.45, 2.75) is 13.5 Å². The summed E-state index contributed by atoms with van der Waals surface area (Å²) in [6, 6.07) is 22.1. The van der Waals surface area contributed by atoms with Crippen molar-refractivity contribution in [3.63, 3.8) is 0 Å². The summed E-state index contributed by atoms with van der Waals surface area (Å²) < 4.78 is 10.7. The molecule has 0 heterocycles. The fraction of sp³-hybridized carbons (Fsp3) is 0.120. The summed E-state index contributed by atoms with van der Waals surface area (Å²) in [5, 5.41) is 3.40. The van der Waals surface area contributed by atoms with E-state index in [2.05, 4.69) is 5.32 Å². The van der Waals surface area contributed by atoms with Crippen LogP contribution in [0.4, 0.5) is 5.69 Å². The molecule has 0 saturated heterocycles. The predicted molar refractivity (Wildman–Crippen MR) is 122 cm³/mol. The van der Waals surface area contributed by atoms with Gasteiger partial charge in [-0.3, -0.25) is 4.79 Å². The fourth-order valence-corrected chi connectivity index (χ4v) is 2.80. The van der Waals surface area contributed by atoms with Crippen molar-refractivity contribution in [1.82, 2.24) is 0 Å². The Morgan fingerprint density at radius 2 is 1.68 bits per heavy atom. The minimum absolute atomic E-state index is 0.352. The molecule has 1 N–H and O–H groups in total. The summed E-state index contributed by atoms with van der Waals surface area (Å²) in [6.07, 6.45) is 2.90. The Morgan fingerprint density at radius 1 is 0.968 bits per heavy atom. The van der Waals surface area contributed by atoms with Crippen molar-refractivity contribution in [2.75, 3.05) is 11.9 Å². The number of esters is 1. The highest BCUT2D eigenvalue weighted by Gasteiger charge is 2.07. The lowest BCUT2D eigenvalue weighted by Gasteiger charge is -2.08. The Balaban J connectivity index is 1.43. The molecule has 3 rings (SSSR count). The van der Waals surface area contributed by atoms with Gasteiger partial charge in [0.25, 0.3) is 5.91 Å². The van der Waals surface area contributed by atoms with Crippen LogP contribution in [0.15, 0.2) is 78.9 Å². The first-order valence-electron chi connectivity index (χ1n) is 9.67. The van der Waals surface area contributed by atoms with E-state index < -0.39 is 11.9 Å². The third kappa shape index (κ3) is 7.32. The topological polar surface area (TPSA) is 64.6 Å². The van der Waals surface area contributed by atoms with Gasteiger partial charge in [-0.15, -0.1) is 0 Å². The van der Waals surface area contributed by atoms with Crippen LogP contribution >= 0.6 is 11.6 Å². The standard InChI is InChI=1S/C25H22ClNO4/c1-18-4-2-3-5-23(18)27-24(28)17-31-25(29)15-10-19-8-13-22(14-9-19)30-16-20-6-11-21(26)12-7-20/h2-15H,16-17H2,1H3,(H,27,28)/b15-10+. The zero-order chi connectivity index (χ0) is 22.1. The van der Waals surface area contributed by atoms with Gasteiger partial charge < -0.3 is 14.8 Å². The maximum atomic E-state index is 11.9. The van der Waals surface area contributed by atoms with Crippen molar-refractivity contribution < 1.29 is 19.1 Å². The van der Waals surface area contributed by atoms with Crippen LogP contribution in [0, 0.1) is 6.92 Å². The molecule has 0 fully saturated rings. The number of halogens is 1. The smallest absolute Gasteiger partial charge is 0.331 e. The first-order valence-corrected chi connectivity index (χ1v) is 10.0. The molecule has 0 aliphatic rings. The zero-order valence-electron chi connectivity index (χ0n) is 17.0. The van der Waals surface area contributed by atoms with Gasteiger partial charge in [-0.1, -0.05) is 54.1 Å². The van der Waals surface area contributed by atoms with Gasteiger partial charge in [0.1, 0.15) is 12.4 Å². The summed E-state index contributed by atoms with van der Waals surface area (Å²) in [5.41, 5.74) is 3.45. The number of anilines is 1. The lowest BCUT2D eigenvalue weighted by molar-refractivity contribution is -0.142. The fourth-order valence-electron chi connectivity index (χ4n) is 2.67. The number of nitrogens with one attached hydrogen (secondary N) is 1. The van der Waals surface area contributed by atoms with Gasteiger partial charge in [-0.2, -0.15) is 0 Å². The largest absolute Gasteiger partial charge is 0.489 e. The van der Waals surface area contributed by atoms with E-state index in [1.165, 1.54) is 6.08 Å². The Labute approximate surface area is 186 Å². The average molecular weight is 436 g/mol. The van der Waals surface area contributed by atoms with Crippen LogP contribution in [0.25, 0.3) is 6.08 Å². The van der Waals surface area contributed by atoms with E-state index in [9.17, 15) is 9.59 Å². The van der Waals surface area contributed by atoms with Gasteiger partial charge in [0, 0.05) is 16.8 Å². The van der Waals surface area contributed by atoms with Gasteiger partial charge in [0.15, 0.2) is 6.61 Å². The summed E-state index contributed by atoms with van der Waals surface area (Å²) in [4.78, 5) is 23.8. The molecule has 0 spiro atoms. The highest BCUT2D eigenvalue weighted by molar-refractivity contribution is 6.30. The number of benzene rings is 3. The van der Waals surface area contributed by atoms with Crippen LogP contribution in [-0.2, 0) is 20.9 Å². The number of para-hydroxylation sites is 1. The van der Waals surface area contributed by atoms with Gasteiger partial charge in [0.2, 0.25) is 0 Å². The van der Waals surface area contributed by atoms with Crippen LogP contribution in [0.3, 0.4) is 0 Å². The van der Waals surface area contributed by atoms with Crippen LogP contribution in [0.2, 0.25) is 5.02 Å². The van der Waals surface area contributed by atoms with Gasteiger partial charge >= 0.3 is 5.97 Å². The molecule has 158 valence electrons. The lowest BCUT2D eigenvalue weighted by Crippen LogP contribution is -2.20. The molecule has 1 amide bonds. The minimum Gasteiger partial charge on any atom is -0.489 e. The zero-order valence-corrected chi connectivity index (χ0v) is 17.8. The van der Waals surface area contributed by atoms with Crippen molar-refractivity contribution in [3.05, 3.63) is 101 Å². The van der Waals surface area contributed by atoms with Crippen molar-refractivity contribution >= 4 is 35.2 Å². The molecule has 6 heteroatoms. The lowest BCUT2D eigenvalue weighted by atomic mass is 10.2. The van der Waals surface area contributed by atoms with E-state index in [1.54, 1.807) is 12.1 Å². The average Bonchev–Trinajstić information content (AvgIpc) is 2.78. The van der Waals surface area contributed by atoms with Gasteiger partial charge in [-0.25, -0.2) is 4.79 Å². The van der Waals surface area contributed by atoms with E-state index in [-0.39, 0.29) is 6.61 Å². The third-order valence-corrected chi connectivity index (χ3v) is 4.63. The normalized spacial score (nSPS) is 10.6. The van der Waals surface area contributed by atoms with Crippen molar-refractivity contribution in [1.29, 1.82) is 0 Å². The quantitative estimate of drug-likeness (QED) is 0.379. The first kappa shape index (κ1) is 22.1. The molecule has 0 aliphatic carbocycles. The Hall–Kier alpha value is -3.57. The number of ether oxygens (including phenoxy) is 2. The summed E-state index contributed by atoms with van der Waals surface area (Å²) in [6.45, 7) is 1.97. The second-order valence-electron chi connectivity index (χ2n) is 6.79. The van der Waals surface area contributed by atoms with E-state index in [0.717, 1.165) is 16.7 Å². The number of rotatable bonds is 8. The molecule has 3 aromatic rings. The van der Waals surface area contributed by atoms with Gasteiger partial charge in [0.05, 0.1) is 0 Å². The highest BCUT2D eigenvalue weighted by atomic mass is 35.5. The third-order valence-electron chi connectivity index (χ3n) is 4.38. The summed E-state index contributed by atoms with van der Waals surface area (Å²) in [7, 11) is 0. The number of carbonyl (C=O) groups is 2. The molecular formula is C25H22ClNO4. The molecule has 5 nitrogen and oxygen atoms in total. The number of hydrogen-bond donors (Lipinski definition) is 1. The van der Waals surface area contributed by atoms with E-state index in [1.807, 2.05) is 73.7 Å². The van der Waals surface area contributed by atoms with Crippen molar-refractivity contribution in [2.24, 2.45) is 0 Å². The van der Waals surface area contributed by atoms with Crippen LogP contribution in [0.5, 0.6) is 5.75 Å². The number of hydrogen-bond acceptors (Lipinski definition) is 4. The molecule has 0 radical (unpaired) electrons. The number of aryl methyl sites for hydroxylation is 1.